The van der Waals surface area contributed by atoms with Gasteiger partial charge in [0, 0.05) is 27.2 Å². The molecule has 0 bridgehead atoms. The van der Waals surface area contributed by atoms with Crippen molar-refractivity contribution in [3.63, 3.8) is 0 Å². The number of benzene rings is 2. The van der Waals surface area contributed by atoms with E-state index in [4.69, 9.17) is 18.9 Å². The predicted octanol–water partition coefficient (Wildman–Crippen LogP) is 3.69. The van der Waals surface area contributed by atoms with Crippen LogP contribution in [0.25, 0.3) is 0 Å². The summed E-state index contributed by atoms with van der Waals surface area (Å²) in [5.74, 6) is -3.17. The van der Waals surface area contributed by atoms with Crippen LogP contribution in [0.2, 0.25) is 0 Å². The highest BCUT2D eigenvalue weighted by molar-refractivity contribution is 7.88. The van der Waals surface area contributed by atoms with Crippen LogP contribution in [0.5, 0.6) is 11.5 Å². The third kappa shape index (κ3) is 15.1. The highest BCUT2D eigenvalue weighted by atomic mass is 32.2. The van der Waals surface area contributed by atoms with Crippen molar-refractivity contribution < 1.29 is 73.3 Å². The first-order chi connectivity index (χ1) is 36.1. The number of fused-ring (bicyclic) bond motifs is 2. The van der Waals surface area contributed by atoms with Crippen LogP contribution in [-0.2, 0) is 48.7 Å². The number of amides is 6. The van der Waals surface area contributed by atoms with E-state index in [0.717, 1.165) is 22.3 Å². The third-order valence-electron chi connectivity index (χ3n) is 14.4. The van der Waals surface area contributed by atoms with Crippen LogP contribution in [0.4, 0.5) is 18.4 Å². The molecule has 0 aromatic heterocycles. The molecule has 78 heavy (non-hydrogen) atoms. The molecule has 4 aliphatic rings. The monoisotopic (exact) mass is 1140 g/mol. The Morgan fingerprint density at radius 1 is 0.603 bits per heavy atom. The number of likely N-dealkylation sites (N-methyl/N-ethyl adjacent to an activating group) is 2. The lowest BCUT2D eigenvalue weighted by molar-refractivity contribution is -0.139. The van der Waals surface area contributed by atoms with E-state index in [9.17, 15) is 44.8 Å². The Balaban J connectivity index is 1.28. The number of unbranched alkanes of at least 4 members (excludes halogenated alkanes) is 1. The van der Waals surface area contributed by atoms with E-state index in [0.29, 0.717) is 0 Å². The smallest absolute Gasteiger partial charge is 0.410 e. The van der Waals surface area contributed by atoms with Crippen molar-refractivity contribution >= 4 is 55.9 Å². The first-order valence-electron chi connectivity index (χ1n) is 26.1. The summed E-state index contributed by atoms with van der Waals surface area (Å²) in [5, 5.41) is 5.64. The van der Waals surface area contributed by atoms with Gasteiger partial charge in [0.2, 0.25) is 43.7 Å². The first kappa shape index (κ1) is 61.4. The molecular weight excluding hydrogens is 1060 g/mol. The lowest BCUT2D eigenvalue weighted by atomic mass is 10.0. The molecule has 2 aromatic carbocycles. The largest absolute Gasteiger partial charge is 0.487 e. The maximum absolute atomic E-state index is 15.0. The third-order valence-corrected chi connectivity index (χ3v) is 17.0. The molecule has 2 aromatic rings. The van der Waals surface area contributed by atoms with Gasteiger partial charge < -0.3 is 39.4 Å². The lowest BCUT2D eigenvalue weighted by Crippen LogP contribution is -2.57. The number of carbonyl (C=O) groups excluding carboxylic acids is 6. The van der Waals surface area contributed by atoms with Crippen molar-refractivity contribution in [1.82, 2.24) is 38.8 Å². The fourth-order valence-corrected chi connectivity index (χ4v) is 12.6. The van der Waals surface area contributed by atoms with Gasteiger partial charge in [-0.15, -0.1) is 0 Å². The second-order valence-electron chi connectivity index (χ2n) is 22.6. The number of ether oxygens (including phenoxy) is 4. The summed E-state index contributed by atoms with van der Waals surface area (Å²) < 4.78 is 106. The Hall–Kier alpha value is -5.86. The van der Waals surface area contributed by atoms with E-state index < -0.39 is 139 Å². The van der Waals surface area contributed by atoms with Crippen LogP contribution in [0.1, 0.15) is 93.9 Å². The molecule has 0 radical (unpaired) electrons. The lowest BCUT2D eigenvalue weighted by Gasteiger charge is -2.34. The Labute approximate surface area is 456 Å². The normalized spacial score (nSPS) is 23.3. The number of hydrogen-bond acceptors (Lipinski definition) is 14. The second kappa shape index (κ2) is 24.2. The Kier molecular flexibility index (Phi) is 19.1. The van der Waals surface area contributed by atoms with Crippen molar-refractivity contribution in [3.05, 3.63) is 60.2 Å². The highest BCUT2D eigenvalue weighted by Crippen LogP contribution is 2.38. The summed E-state index contributed by atoms with van der Waals surface area (Å²) in [6, 6.07) is 2.32. The molecule has 4 fully saturated rings. The minimum absolute atomic E-state index is 0.0570. The molecular formula is C52H76F2N8O14S2. The Morgan fingerprint density at radius 2 is 0.923 bits per heavy atom. The molecule has 0 aliphatic carbocycles. The van der Waals surface area contributed by atoms with E-state index in [-0.39, 0.29) is 76.2 Å². The molecule has 26 heteroatoms. The number of nitrogens with one attached hydrogen (secondary N) is 2. The molecule has 0 unspecified atom stereocenters. The summed E-state index contributed by atoms with van der Waals surface area (Å²) in [6.45, 7) is 12.8. The van der Waals surface area contributed by atoms with Gasteiger partial charge in [-0.2, -0.15) is 8.61 Å². The van der Waals surface area contributed by atoms with Gasteiger partial charge in [-0.1, -0.05) is 12.8 Å². The average Bonchev–Trinajstić information content (AvgIpc) is 4.13. The van der Waals surface area contributed by atoms with Crippen molar-refractivity contribution in [1.29, 1.82) is 0 Å². The van der Waals surface area contributed by atoms with Gasteiger partial charge in [0.15, 0.2) is 0 Å². The van der Waals surface area contributed by atoms with Crippen LogP contribution >= 0.6 is 0 Å². The minimum atomic E-state index is -3.82. The molecule has 22 nitrogen and oxygen atoms in total. The van der Waals surface area contributed by atoms with E-state index in [2.05, 4.69) is 10.6 Å². The Morgan fingerprint density at radius 3 is 1.22 bits per heavy atom. The summed E-state index contributed by atoms with van der Waals surface area (Å²) in [6.07, 6.45) is -0.681. The number of likely N-dealkylation sites (tertiary alicyclic amines) is 2. The van der Waals surface area contributed by atoms with E-state index in [1.54, 1.807) is 41.5 Å². The van der Waals surface area contributed by atoms with E-state index >= 15 is 9.59 Å². The SMILES string of the molecule is C[C@@H](C(=O)N[C@@H](CCCC[C@H](NC(=O)[C@H](C)N(C)C(=O)OC(C)(C)C)C(=O)N1CC[C@@H]2[C@H]1[C@@H](Oc1ccc(F)cc1)CN2S(C)(=O)=O)C(=O)N1CC[C@@H]2[C@H]1[C@@H](Oc1ccc(F)cc1)CN2S(C)(=O)=O)N(C)C(=O)OC(C)(C)C. The fraction of sp³-hybridized carbons (Fsp3) is 0.654. The van der Waals surface area contributed by atoms with E-state index in [1.807, 2.05) is 0 Å². The quantitative estimate of drug-likeness (QED) is 0.191. The number of halogens is 2. The molecule has 6 rings (SSSR count). The van der Waals surface area contributed by atoms with Gasteiger partial charge in [-0.05, 0) is 130 Å². The zero-order valence-corrected chi connectivity index (χ0v) is 48.1. The second-order valence-corrected chi connectivity index (χ2v) is 26.5. The maximum Gasteiger partial charge on any atom is 0.410 e. The van der Waals surface area contributed by atoms with Crippen LogP contribution < -0.4 is 20.1 Å². The number of rotatable bonds is 19. The minimum Gasteiger partial charge on any atom is -0.487 e. The molecule has 4 heterocycles. The zero-order valence-electron chi connectivity index (χ0n) is 46.4. The number of hydrogen-bond donors (Lipinski definition) is 2. The van der Waals surface area contributed by atoms with Crippen molar-refractivity contribution in [2.24, 2.45) is 0 Å². The molecule has 0 spiro atoms. The highest BCUT2D eigenvalue weighted by Gasteiger charge is 2.56. The van der Waals surface area contributed by atoms with Crippen LogP contribution in [-0.4, -0.2) is 205 Å². The van der Waals surface area contributed by atoms with Gasteiger partial charge in [0.25, 0.3) is 0 Å². The molecule has 10 atom stereocenters. The van der Waals surface area contributed by atoms with Gasteiger partial charge in [-0.3, -0.25) is 29.0 Å². The molecule has 2 N–H and O–H groups in total. The van der Waals surface area contributed by atoms with Crippen molar-refractivity contribution in [3.8, 4) is 11.5 Å². The topological polar surface area (TPSA) is 251 Å². The first-order valence-corrected chi connectivity index (χ1v) is 29.8. The summed E-state index contributed by atoms with van der Waals surface area (Å²) in [4.78, 5) is 89.7. The van der Waals surface area contributed by atoms with Gasteiger partial charge in [0.05, 0.1) is 49.8 Å². The van der Waals surface area contributed by atoms with Crippen LogP contribution in [0, 0.1) is 11.6 Å². The summed E-state index contributed by atoms with van der Waals surface area (Å²) in [5.41, 5.74) is -1.79. The van der Waals surface area contributed by atoms with Crippen LogP contribution in [0.15, 0.2) is 48.5 Å². The number of nitrogens with zero attached hydrogens (tertiary/aromatic N) is 6. The molecule has 434 valence electrons. The fourth-order valence-electron chi connectivity index (χ4n) is 10.4. The maximum atomic E-state index is 15.0. The van der Waals surface area contributed by atoms with Gasteiger partial charge in [0.1, 0.15) is 70.7 Å². The van der Waals surface area contributed by atoms with Crippen LogP contribution in [0.3, 0.4) is 0 Å². The molecule has 0 saturated carbocycles. The molecule has 6 amide bonds. The molecule has 4 aliphatic heterocycles. The summed E-state index contributed by atoms with van der Waals surface area (Å²) in [7, 11) is -4.90. The Bertz CT molecular complexity index is 2560. The van der Waals surface area contributed by atoms with Gasteiger partial charge >= 0.3 is 12.2 Å². The predicted molar refractivity (Wildman–Crippen MR) is 282 cm³/mol. The van der Waals surface area contributed by atoms with Gasteiger partial charge in [-0.25, -0.2) is 35.2 Å². The standard InChI is InChI=1S/C52H76F2N8O14S2/c1-31(57(9)49(67)75-51(3,4)5)45(63)55-37(47(65)59-27-25-39-43(59)41(29-61(39)77(11,69)70)73-35-21-17-33(53)18-22-35)15-13-14-16-38(56-46(64)32(2)58(10)50(68)76-52(6,7)8)48(66)60-28-26-40-44(60)42(30-62(40)78(12,71)72)74-36-23-19-34(54)20-24-36/h17-24,31-32,37-44H,13-16,25-30H2,1-12H3,(H,55,63)(H,56,64)/t31-,32-,37-,38-,39+,40+,41-,42-,43-,44-/m0/s1. The average molecular weight is 1140 g/mol. The van der Waals surface area contributed by atoms with Crippen molar-refractivity contribution in [2.45, 2.75) is 166 Å². The van der Waals surface area contributed by atoms with E-state index in [1.165, 1.54) is 94.9 Å². The summed E-state index contributed by atoms with van der Waals surface area (Å²) >= 11 is 0. The number of sulfonamides is 2. The zero-order chi connectivity index (χ0) is 58.0. The number of carbonyl (C=O) groups is 6. The van der Waals surface area contributed by atoms with Crippen molar-refractivity contribution in [2.75, 3.05) is 52.8 Å². The molecule has 4 saturated heterocycles.